The quantitative estimate of drug-likeness (QED) is 0.661. The van der Waals surface area contributed by atoms with Crippen molar-refractivity contribution in [3.63, 3.8) is 0 Å². The SMILES string of the molecule is CC(O)C(N)c1nccc2[nH]ccc12. The van der Waals surface area contributed by atoms with Crippen LogP contribution in [0.3, 0.4) is 0 Å². The number of pyridine rings is 1. The topological polar surface area (TPSA) is 74.9 Å². The van der Waals surface area contributed by atoms with Crippen LogP contribution in [0.5, 0.6) is 0 Å². The second-order valence-corrected chi connectivity index (χ2v) is 3.40. The van der Waals surface area contributed by atoms with E-state index in [-0.39, 0.29) is 0 Å². The lowest BCUT2D eigenvalue weighted by Crippen LogP contribution is -2.24. The van der Waals surface area contributed by atoms with Crippen LogP contribution in [0, 0.1) is 0 Å². The van der Waals surface area contributed by atoms with Crippen molar-refractivity contribution in [2.75, 3.05) is 0 Å². The Morgan fingerprint density at radius 1 is 1.50 bits per heavy atom. The maximum absolute atomic E-state index is 9.40. The van der Waals surface area contributed by atoms with Crippen molar-refractivity contribution in [2.45, 2.75) is 19.1 Å². The van der Waals surface area contributed by atoms with E-state index in [0.29, 0.717) is 0 Å². The van der Waals surface area contributed by atoms with Crippen molar-refractivity contribution >= 4 is 10.9 Å². The second-order valence-electron chi connectivity index (χ2n) is 3.40. The lowest BCUT2D eigenvalue weighted by atomic mass is 10.1. The van der Waals surface area contributed by atoms with Gasteiger partial charge in [-0.2, -0.15) is 0 Å². The summed E-state index contributed by atoms with van der Waals surface area (Å²) in [5, 5.41) is 10.4. The molecule has 2 aromatic heterocycles. The third kappa shape index (κ3) is 1.38. The van der Waals surface area contributed by atoms with E-state index in [1.54, 1.807) is 13.1 Å². The highest BCUT2D eigenvalue weighted by Crippen LogP contribution is 2.21. The maximum Gasteiger partial charge on any atom is 0.0737 e. The highest BCUT2D eigenvalue weighted by molar-refractivity contribution is 5.81. The summed E-state index contributed by atoms with van der Waals surface area (Å²) in [6, 6.07) is 3.36. The number of hydrogen-bond acceptors (Lipinski definition) is 3. The van der Waals surface area contributed by atoms with Crippen molar-refractivity contribution in [3.8, 4) is 0 Å². The minimum absolute atomic E-state index is 0.436. The highest BCUT2D eigenvalue weighted by atomic mass is 16.3. The fourth-order valence-corrected chi connectivity index (χ4v) is 1.50. The Morgan fingerprint density at radius 2 is 2.29 bits per heavy atom. The number of aromatic amines is 1. The molecule has 2 aromatic rings. The fourth-order valence-electron chi connectivity index (χ4n) is 1.50. The minimum atomic E-state index is -0.594. The number of hydrogen-bond donors (Lipinski definition) is 3. The van der Waals surface area contributed by atoms with E-state index < -0.39 is 12.1 Å². The van der Waals surface area contributed by atoms with E-state index in [0.717, 1.165) is 16.6 Å². The van der Waals surface area contributed by atoms with Gasteiger partial charge in [0, 0.05) is 23.3 Å². The molecule has 4 nitrogen and oxygen atoms in total. The van der Waals surface area contributed by atoms with Gasteiger partial charge in [-0.15, -0.1) is 0 Å². The first kappa shape index (κ1) is 9.18. The van der Waals surface area contributed by atoms with Gasteiger partial charge in [0.1, 0.15) is 0 Å². The predicted octanol–water partition coefficient (Wildman–Crippen LogP) is 0.943. The number of nitrogens with zero attached hydrogens (tertiary/aromatic N) is 1. The number of nitrogens with two attached hydrogens (primary N) is 1. The van der Waals surface area contributed by atoms with Crippen LogP contribution in [0.2, 0.25) is 0 Å². The van der Waals surface area contributed by atoms with E-state index in [2.05, 4.69) is 9.97 Å². The molecule has 2 atom stereocenters. The van der Waals surface area contributed by atoms with Gasteiger partial charge in [0.25, 0.3) is 0 Å². The molecular weight excluding hydrogens is 178 g/mol. The summed E-state index contributed by atoms with van der Waals surface area (Å²) in [5.74, 6) is 0. The van der Waals surface area contributed by atoms with Gasteiger partial charge in [0.2, 0.25) is 0 Å². The zero-order valence-corrected chi connectivity index (χ0v) is 7.94. The van der Waals surface area contributed by atoms with Gasteiger partial charge in [0.15, 0.2) is 0 Å². The molecule has 0 fully saturated rings. The summed E-state index contributed by atoms with van der Waals surface area (Å²) >= 11 is 0. The molecule has 14 heavy (non-hydrogen) atoms. The summed E-state index contributed by atoms with van der Waals surface area (Å²) in [5.41, 5.74) is 7.56. The van der Waals surface area contributed by atoms with Crippen LogP contribution in [0.25, 0.3) is 10.9 Å². The van der Waals surface area contributed by atoms with Crippen LogP contribution in [-0.2, 0) is 0 Å². The number of fused-ring (bicyclic) bond motifs is 1. The molecule has 0 aromatic carbocycles. The largest absolute Gasteiger partial charge is 0.391 e. The molecule has 0 radical (unpaired) electrons. The maximum atomic E-state index is 9.40. The van der Waals surface area contributed by atoms with Gasteiger partial charge in [-0.05, 0) is 19.1 Å². The molecular formula is C10H13N3O. The smallest absolute Gasteiger partial charge is 0.0737 e. The molecule has 0 saturated carbocycles. The first-order valence-corrected chi connectivity index (χ1v) is 4.56. The lowest BCUT2D eigenvalue weighted by Gasteiger charge is -2.14. The number of nitrogens with one attached hydrogen (secondary N) is 1. The molecule has 2 unspecified atom stereocenters. The number of aromatic nitrogens is 2. The summed E-state index contributed by atoms with van der Waals surface area (Å²) in [6.07, 6.45) is 2.93. The summed E-state index contributed by atoms with van der Waals surface area (Å²) < 4.78 is 0. The molecule has 0 aliphatic rings. The van der Waals surface area contributed by atoms with Gasteiger partial charge in [-0.3, -0.25) is 4.98 Å². The van der Waals surface area contributed by atoms with E-state index in [9.17, 15) is 5.11 Å². The normalized spacial score (nSPS) is 15.6. The van der Waals surface area contributed by atoms with E-state index in [4.69, 9.17) is 5.73 Å². The molecule has 0 saturated heterocycles. The Kier molecular flexibility index (Phi) is 2.23. The van der Waals surface area contributed by atoms with Crippen molar-refractivity contribution < 1.29 is 5.11 Å². The molecule has 2 rings (SSSR count). The van der Waals surface area contributed by atoms with Crippen LogP contribution in [0.4, 0.5) is 0 Å². The molecule has 0 aliphatic carbocycles. The Hall–Kier alpha value is -1.39. The van der Waals surface area contributed by atoms with Crippen LogP contribution in [-0.4, -0.2) is 21.2 Å². The zero-order valence-electron chi connectivity index (χ0n) is 7.94. The van der Waals surface area contributed by atoms with Gasteiger partial charge in [-0.1, -0.05) is 0 Å². The van der Waals surface area contributed by atoms with Gasteiger partial charge in [0.05, 0.1) is 17.8 Å². The van der Waals surface area contributed by atoms with E-state index >= 15 is 0 Å². The molecule has 4 heteroatoms. The molecule has 74 valence electrons. The van der Waals surface area contributed by atoms with E-state index in [1.807, 2.05) is 18.3 Å². The Bertz CT molecular complexity index is 436. The first-order valence-electron chi connectivity index (χ1n) is 4.56. The molecule has 0 amide bonds. The van der Waals surface area contributed by atoms with Crippen molar-refractivity contribution in [2.24, 2.45) is 5.73 Å². The minimum Gasteiger partial charge on any atom is -0.391 e. The fraction of sp³-hybridized carbons (Fsp3) is 0.300. The second kappa shape index (κ2) is 3.40. The molecule has 4 N–H and O–H groups in total. The summed E-state index contributed by atoms with van der Waals surface area (Å²) in [6.45, 7) is 1.66. The van der Waals surface area contributed by atoms with Crippen molar-refractivity contribution in [1.29, 1.82) is 0 Å². The van der Waals surface area contributed by atoms with Gasteiger partial charge in [-0.25, -0.2) is 0 Å². The molecule has 2 heterocycles. The monoisotopic (exact) mass is 191 g/mol. The average Bonchev–Trinajstić information content (AvgIpc) is 2.63. The van der Waals surface area contributed by atoms with Crippen molar-refractivity contribution in [3.05, 3.63) is 30.2 Å². The standard InChI is InChI=1S/C10H13N3O/c1-6(14)9(11)10-7-2-4-12-8(7)3-5-13-10/h2-6,9,12,14H,11H2,1H3. The molecule has 0 aliphatic heterocycles. The molecule has 0 bridgehead atoms. The van der Waals surface area contributed by atoms with Crippen LogP contribution in [0.1, 0.15) is 18.7 Å². The lowest BCUT2D eigenvalue weighted by molar-refractivity contribution is 0.163. The zero-order chi connectivity index (χ0) is 10.1. The third-order valence-electron chi connectivity index (χ3n) is 2.35. The third-order valence-corrected chi connectivity index (χ3v) is 2.35. The van der Waals surface area contributed by atoms with Gasteiger partial charge >= 0.3 is 0 Å². The van der Waals surface area contributed by atoms with Gasteiger partial charge < -0.3 is 15.8 Å². The highest BCUT2D eigenvalue weighted by Gasteiger charge is 2.16. The van der Waals surface area contributed by atoms with Crippen molar-refractivity contribution in [1.82, 2.24) is 9.97 Å². The van der Waals surface area contributed by atoms with Crippen LogP contribution in [0.15, 0.2) is 24.5 Å². The Labute approximate surface area is 81.8 Å². The van der Waals surface area contributed by atoms with Crippen LogP contribution < -0.4 is 5.73 Å². The molecule has 0 spiro atoms. The Morgan fingerprint density at radius 3 is 3.00 bits per heavy atom. The predicted molar refractivity (Wildman–Crippen MR) is 54.7 cm³/mol. The summed E-state index contributed by atoms with van der Waals surface area (Å²) in [4.78, 5) is 7.27. The first-order chi connectivity index (χ1) is 6.70. The average molecular weight is 191 g/mol. The number of rotatable bonds is 2. The van der Waals surface area contributed by atoms with E-state index in [1.165, 1.54) is 0 Å². The number of aliphatic hydroxyl groups excluding tert-OH is 1. The summed E-state index contributed by atoms with van der Waals surface area (Å²) in [7, 11) is 0. The number of aliphatic hydroxyl groups is 1. The number of H-pyrrole nitrogens is 1. The van der Waals surface area contributed by atoms with Crippen LogP contribution >= 0.6 is 0 Å². The Balaban J connectivity index is 2.56.